The molecule has 58 heavy (non-hydrogen) atoms. The van der Waals surface area contributed by atoms with Crippen molar-refractivity contribution in [1.82, 2.24) is 0 Å². The quantitative estimate of drug-likeness (QED) is 0.264. The van der Waals surface area contributed by atoms with Crippen LogP contribution in [0, 0.1) is 74.8 Å². The van der Waals surface area contributed by atoms with Crippen molar-refractivity contribution in [3.05, 3.63) is 70.3 Å². The first-order valence-electron chi connectivity index (χ1n) is 22.5. The van der Waals surface area contributed by atoms with Gasteiger partial charge in [-0.3, -0.25) is 0 Å². The van der Waals surface area contributed by atoms with Gasteiger partial charge in [-0.15, -0.1) is 0 Å². The van der Waals surface area contributed by atoms with Gasteiger partial charge in [-0.2, -0.15) is 0 Å². The van der Waals surface area contributed by atoms with E-state index in [-0.39, 0.29) is 19.6 Å². The number of aryl methyl sites for hydroxylation is 3. The van der Waals surface area contributed by atoms with E-state index < -0.39 is 11.6 Å². The summed E-state index contributed by atoms with van der Waals surface area (Å²) in [7, 11) is 0. The van der Waals surface area contributed by atoms with Gasteiger partial charge >= 0.3 is 0 Å². The van der Waals surface area contributed by atoms with Crippen LogP contribution in [0.1, 0.15) is 144 Å². The third kappa shape index (κ3) is 27.7. The predicted molar refractivity (Wildman–Crippen MR) is 239 cm³/mol. The van der Waals surface area contributed by atoms with E-state index in [0.29, 0.717) is 29.6 Å². The van der Waals surface area contributed by atoms with Crippen molar-refractivity contribution in [2.45, 2.75) is 173 Å². The van der Waals surface area contributed by atoms with Crippen molar-refractivity contribution in [1.29, 1.82) is 0 Å². The van der Waals surface area contributed by atoms with Gasteiger partial charge in [0.25, 0.3) is 0 Å². The second-order valence-electron chi connectivity index (χ2n) is 18.2. The SMILES string of the molecule is CC1CCC(C)CC1.CC1CCC(C)OC1.CC1CCC(C)OC1.CC1COC(C)OC1.CC1COC(C)OC1.Cc1cc(F)c(C)c(F)c1.Cc1ccc(C)cc1.[HH]. The number of ether oxygens (including phenoxy) is 6. The molecule has 2 aromatic rings. The average molecular weight is 823 g/mol. The summed E-state index contributed by atoms with van der Waals surface area (Å²) in [6.07, 6.45) is 12.2. The summed E-state index contributed by atoms with van der Waals surface area (Å²) < 4.78 is 56.7. The molecule has 6 nitrogen and oxygen atoms in total. The maximum absolute atomic E-state index is 12.6. The topological polar surface area (TPSA) is 55.4 Å². The van der Waals surface area contributed by atoms with E-state index in [4.69, 9.17) is 28.4 Å². The van der Waals surface area contributed by atoms with Crippen LogP contribution in [0.3, 0.4) is 0 Å². The van der Waals surface area contributed by atoms with Crippen LogP contribution in [0.5, 0.6) is 0 Å². The van der Waals surface area contributed by atoms with Crippen LogP contribution in [0.25, 0.3) is 0 Å². The summed E-state index contributed by atoms with van der Waals surface area (Å²) in [5.74, 6) is 3.84. The monoisotopic (exact) mass is 823 g/mol. The molecule has 5 aliphatic rings. The first-order chi connectivity index (χ1) is 27.3. The smallest absolute Gasteiger partial charge is 0.154 e. The number of hydrogen-bond acceptors (Lipinski definition) is 6. The fourth-order valence-electron chi connectivity index (χ4n) is 6.26. The Balaban J connectivity index is 0.000000664. The zero-order valence-corrected chi connectivity index (χ0v) is 39.3. The molecule has 4 heterocycles. The van der Waals surface area contributed by atoms with E-state index in [1.807, 2.05) is 13.8 Å². The lowest BCUT2D eigenvalue weighted by Gasteiger charge is -2.24. The van der Waals surface area contributed by atoms with Crippen molar-refractivity contribution in [2.24, 2.45) is 35.5 Å². The molecule has 2 aromatic carbocycles. The number of hydrogen-bond donors (Lipinski definition) is 0. The maximum atomic E-state index is 12.6. The van der Waals surface area contributed by atoms with Gasteiger partial charge in [-0.25, -0.2) is 8.78 Å². The second-order valence-corrected chi connectivity index (χ2v) is 18.2. The fraction of sp³-hybridized carbons (Fsp3) is 0.760. The lowest BCUT2D eigenvalue weighted by Crippen LogP contribution is -2.27. The summed E-state index contributed by atoms with van der Waals surface area (Å²) >= 11 is 0. The molecule has 338 valence electrons. The fourth-order valence-corrected chi connectivity index (χ4v) is 6.26. The highest BCUT2D eigenvalue weighted by Gasteiger charge is 2.16. The molecule has 7 rings (SSSR count). The Hall–Kier alpha value is -1.94. The Morgan fingerprint density at radius 3 is 0.897 bits per heavy atom. The standard InChI is InChI=1S/C8H8F2.C8H16.C8H10.2C7H14O.2C6H12O2.H2/c1-5-3-7(9)6(2)8(10)4-5;2*1-7-3-5-8(2)6-4-7;2*1-6-3-4-7(2)8-5-6;2*1-5-3-7-6(2)8-4-5;/h3-4H,1-2H3;7-8H,3-6H2,1-2H3;3-6H,1-2H3;2*6-7H,3-5H2,1-2H3;2*5-6H,3-4H2,1-2H3;1H. The van der Waals surface area contributed by atoms with Gasteiger partial charge in [-0.1, -0.05) is 103 Å². The Morgan fingerprint density at radius 2 is 0.655 bits per heavy atom. The first-order valence-corrected chi connectivity index (χ1v) is 22.5. The Labute approximate surface area is 356 Å². The van der Waals surface area contributed by atoms with Crippen molar-refractivity contribution >= 4 is 0 Å². The Bertz CT molecular complexity index is 1060. The van der Waals surface area contributed by atoms with E-state index in [1.54, 1.807) is 6.92 Å². The molecule has 4 aliphatic heterocycles. The van der Waals surface area contributed by atoms with E-state index >= 15 is 0 Å². The largest absolute Gasteiger partial charge is 0.378 e. The Kier molecular flexibility index (Phi) is 28.9. The zero-order chi connectivity index (χ0) is 43.6. The van der Waals surface area contributed by atoms with Gasteiger partial charge in [0.05, 0.1) is 38.6 Å². The minimum Gasteiger partial charge on any atom is -0.378 e. The number of halogens is 2. The van der Waals surface area contributed by atoms with E-state index in [1.165, 1.54) is 81.5 Å². The Morgan fingerprint density at radius 1 is 0.379 bits per heavy atom. The summed E-state index contributed by atoms with van der Waals surface area (Å²) in [6, 6.07) is 11.1. The minimum absolute atomic E-state index is 0. The highest BCUT2D eigenvalue weighted by atomic mass is 19.1. The molecule has 4 atom stereocenters. The molecule has 0 N–H and O–H groups in total. The van der Waals surface area contributed by atoms with Crippen LogP contribution >= 0.6 is 0 Å². The maximum Gasteiger partial charge on any atom is 0.154 e. The van der Waals surface area contributed by atoms with E-state index in [2.05, 4.69) is 93.5 Å². The normalized spacial score (nSPS) is 30.4. The van der Waals surface area contributed by atoms with Gasteiger partial charge in [0.2, 0.25) is 0 Å². The molecular formula is C50H88F2O6. The highest BCUT2D eigenvalue weighted by molar-refractivity contribution is 5.23. The minimum atomic E-state index is -0.475. The molecule has 0 aromatic heterocycles. The molecule has 0 radical (unpaired) electrons. The van der Waals surface area contributed by atoms with Gasteiger partial charge in [-0.05, 0) is 122 Å². The highest BCUT2D eigenvalue weighted by Crippen LogP contribution is 2.27. The molecule has 4 saturated heterocycles. The summed E-state index contributed by atoms with van der Waals surface area (Å²) in [4.78, 5) is 0. The molecule has 1 saturated carbocycles. The van der Waals surface area contributed by atoms with E-state index in [0.717, 1.165) is 63.3 Å². The molecule has 0 bridgehead atoms. The summed E-state index contributed by atoms with van der Waals surface area (Å²) in [5, 5.41) is 0. The summed E-state index contributed by atoms with van der Waals surface area (Å²) in [6.45, 7) is 34.2. The summed E-state index contributed by atoms with van der Waals surface area (Å²) in [5.41, 5.74) is 3.36. The first kappa shape index (κ1) is 54.1. The molecular weight excluding hydrogens is 735 g/mol. The van der Waals surface area contributed by atoms with Gasteiger partial charge in [0, 0.05) is 32.0 Å². The molecule has 0 spiro atoms. The average Bonchev–Trinajstić information content (AvgIpc) is 3.19. The van der Waals surface area contributed by atoms with Crippen molar-refractivity contribution in [2.75, 3.05) is 39.6 Å². The molecule has 0 amide bonds. The third-order valence-electron chi connectivity index (χ3n) is 10.9. The van der Waals surface area contributed by atoms with Gasteiger partial charge < -0.3 is 28.4 Å². The lowest BCUT2D eigenvalue weighted by atomic mass is 9.84. The second kappa shape index (κ2) is 31.0. The van der Waals surface area contributed by atoms with Crippen molar-refractivity contribution in [3.8, 4) is 0 Å². The van der Waals surface area contributed by atoms with Gasteiger partial charge in [0.15, 0.2) is 12.6 Å². The lowest BCUT2D eigenvalue weighted by molar-refractivity contribution is -0.187. The molecule has 8 heteroatoms. The zero-order valence-electron chi connectivity index (χ0n) is 39.3. The van der Waals surface area contributed by atoms with Gasteiger partial charge in [0.1, 0.15) is 11.6 Å². The van der Waals surface area contributed by atoms with Crippen LogP contribution < -0.4 is 0 Å². The van der Waals surface area contributed by atoms with Crippen molar-refractivity contribution < 1.29 is 38.6 Å². The molecule has 4 unspecified atom stereocenters. The van der Waals surface area contributed by atoms with Crippen LogP contribution in [0.2, 0.25) is 0 Å². The molecule has 1 aliphatic carbocycles. The number of benzene rings is 2. The third-order valence-corrected chi connectivity index (χ3v) is 10.9. The van der Waals surface area contributed by atoms with Crippen LogP contribution in [0.15, 0.2) is 36.4 Å². The van der Waals surface area contributed by atoms with E-state index in [9.17, 15) is 8.78 Å². The predicted octanol–water partition coefficient (Wildman–Crippen LogP) is 13.6. The van der Waals surface area contributed by atoms with Crippen molar-refractivity contribution in [3.63, 3.8) is 0 Å². The number of rotatable bonds is 0. The molecule has 5 fully saturated rings. The van der Waals surface area contributed by atoms with Crippen LogP contribution in [-0.4, -0.2) is 64.4 Å². The van der Waals surface area contributed by atoms with Crippen LogP contribution in [0.4, 0.5) is 8.78 Å². The van der Waals surface area contributed by atoms with Crippen LogP contribution in [-0.2, 0) is 28.4 Å².